The largest absolute Gasteiger partial charge is 0.457 e. The van der Waals surface area contributed by atoms with E-state index in [1.54, 1.807) is 6.07 Å². The first-order valence-corrected chi connectivity index (χ1v) is 6.96. The monoisotopic (exact) mass is 285 g/mol. The number of benzene rings is 3. The van der Waals surface area contributed by atoms with Gasteiger partial charge in [0.15, 0.2) is 0 Å². The van der Waals surface area contributed by atoms with E-state index in [-0.39, 0.29) is 0 Å². The van der Waals surface area contributed by atoms with Crippen LogP contribution in [0.3, 0.4) is 0 Å². The number of nitrogens with two attached hydrogens (primary N) is 1. The van der Waals surface area contributed by atoms with E-state index in [0.717, 1.165) is 22.4 Å². The van der Waals surface area contributed by atoms with Gasteiger partial charge in [0.1, 0.15) is 11.5 Å². The quantitative estimate of drug-likeness (QED) is 0.558. The molecule has 0 aliphatic heterocycles. The third-order valence-corrected chi connectivity index (χ3v) is 3.34. The van der Waals surface area contributed by atoms with Crippen molar-refractivity contribution in [1.82, 2.24) is 0 Å². The molecule has 3 rings (SSSR count). The molecule has 22 heavy (non-hydrogen) atoms. The summed E-state index contributed by atoms with van der Waals surface area (Å²) in [4.78, 5) is 0. The van der Waals surface area contributed by atoms with Crippen LogP contribution in [0.25, 0.3) is 11.1 Å². The Bertz CT molecular complexity index is 829. The summed E-state index contributed by atoms with van der Waals surface area (Å²) in [7, 11) is 0. The van der Waals surface area contributed by atoms with Crippen molar-refractivity contribution in [2.24, 2.45) is 0 Å². The second kappa shape index (κ2) is 6.07. The molecule has 0 aromatic heterocycles. The summed E-state index contributed by atoms with van der Waals surface area (Å²) in [5, 5.41) is 0. The molecule has 2 N–H and O–H groups in total. The van der Waals surface area contributed by atoms with Crippen molar-refractivity contribution in [1.29, 1.82) is 0 Å². The second-order valence-corrected chi connectivity index (χ2v) is 4.89. The molecule has 0 amide bonds. The highest BCUT2D eigenvalue weighted by atomic mass is 16.5. The number of para-hydroxylation sites is 1. The maximum atomic E-state index is 5.98. The summed E-state index contributed by atoms with van der Waals surface area (Å²) in [6.07, 6.45) is 5.40. The maximum absolute atomic E-state index is 5.98. The molecule has 0 spiro atoms. The van der Waals surface area contributed by atoms with Gasteiger partial charge in [-0.3, -0.25) is 0 Å². The summed E-state index contributed by atoms with van der Waals surface area (Å²) in [5.41, 5.74) is 9.39. The van der Waals surface area contributed by atoms with E-state index in [1.165, 1.54) is 0 Å². The van der Waals surface area contributed by atoms with E-state index < -0.39 is 0 Å². The van der Waals surface area contributed by atoms with Crippen molar-refractivity contribution in [3.05, 3.63) is 78.4 Å². The first kappa shape index (κ1) is 13.8. The zero-order valence-corrected chi connectivity index (χ0v) is 12.0. The van der Waals surface area contributed by atoms with Gasteiger partial charge in [-0.1, -0.05) is 42.3 Å². The summed E-state index contributed by atoms with van der Waals surface area (Å²) in [5.74, 6) is 4.12. The lowest BCUT2D eigenvalue weighted by Gasteiger charge is -2.12. The van der Waals surface area contributed by atoms with E-state index in [2.05, 4.69) is 5.92 Å². The molecular formula is C20H15NO. The topological polar surface area (TPSA) is 35.2 Å². The van der Waals surface area contributed by atoms with E-state index in [4.69, 9.17) is 16.9 Å². The molecule has 0 unspecified atom stereocenters. The number of hydrogen-bond donors (Lipinski definition) is 1. The minimum Gasteiger partial charge on any atom is -0.457 e. The standard InChI is InChI=1S/C20H15NO/c1-2-15-10-12-16(13-11-15)19-8-3-4-9-20(19)22-18-7-5-6-17(21)14-18/h1,3-14H,21H2. The Morgan fingerprint density at radius 2 is 1.64 bits per heavy atom. The number of hydrogen-bond acceptors (Lipinski definition) is 2. The van der Waals surface area contributed by atoms with Crippen molar-refractivity contribution in [3.63, 3.8) is 0 Å². The van der Waals surface area contributed by atoms with Crippen LogP contribution in [0.5, 0.6) is 11.5 Å². The fourth-order valence-electron chi connectivity index (χ4n) is 2.25. The van der Waals surface area contributed by atoms with Crippen molar-refractivity contribution in [2.45, 2.75) is 0 Å². The van der Waals surface area contributed by atoms with E-state index in [1.807, 2.05) is 66.7 Å². The summed E-state index contributed by atoms with van der Waals surface area (Å²) in [6.45, 7) is 0. The van der Waals surface area contributed by atoms with Crippen LogP contribution in [0, 0.1) is 12.3 Å². The van der Waals surface area contributed by atoms with Gasteiger partial charge in [-0.25, -0.2) is 0 Å². The average Bonchev–Trinajstić information content (AvgIpc) is 2.56. The van der Waals surface area contributed by atoms with Gasteiger partial charge in [-0.2, -0.15) is 0 Å². The van der Waals surface area contributed by atoms with Crippen LogP contribution >= 0.6 is 0 Å². The number of nitrogen functional groups attached to an aromatic ring is 1. The molecule has 0 saturated carbocycles. The lowest BCUT2D eigenvalue weighted by Crippen LogP contribution is -1.90. The highest BCUT2D eigenvalue weighted by Gasteiger charge is 2.07. The third kappa shape index (κ3) is 2.94. The maximum Gasteiger partial charge on any atom is 0.135 e. The number of anilines is 1. The number of rotatable bonds is 3. The summed E-state index contributed by atoms with van der Waals surface area (Å²) < 4.78 is 5.98. The molecule has 0 fully saturated rings. The Kier molecular flexibility index (Phi) is 3.80. The Morgan fingerprint density at radius 3 is 2.36 bits per heavy atom. The molecule has 0 radical (unpaired) electrons. The number of terminal acetylenes is 1. The first-order chi connectivity index (χ1) is 10.8. The minimum absolute atomic E-state index is 0.674. The van der Waals surface area contributed by atoms with Gasteiger partial charge in [0.25, 0.3) is 0 Å². The van der Waals surface area contributed by atoms with Gasteiger partial charge < -0.3 is 10.5 Å². The van der Waals surface area contributed by atoms with E-state index in [0.29, 0.717) is 11.4 Å². The van der Waals surface area contributed by atoms with Crippen LogP contribution in [0.15, 0.2) is 72.8 Å². The van der Waals surface area contributed by atoms with Gasteiger partial charge in [-0.05, 0) is 35.9 Å². The van der Waals surface area contributed by atoms with E-state index >= 15 is 0 Å². The molecule has 0 aliphatic rings. The Labute approximate surface area is 130 Å². The van der Waals surface area contributed by atoms with Gasteiger partial charge in [0, 0.05) is 22.9 Å². The lowest BCUT2D eigenvalue weighted by atomic mass is 10.0. The van der Waals surface area contributed by atoms with Crippen LogP contribution in [-0.4, -0.2) is 0 Å². The minimum atomic E-state index is 0.674. The summed E-state index contributed by atoms with van der Waals surface area (Å²) in [6, 6.07) is 23.1. The second-order valence-electron chi connectivity index (χ2n) is 4.89. The fourth-order valence-corrected chi connectivity index (χ4v) is 2.25. The van der Waals surface area contributed by atoms with Crippen molar-refractivity contribution in [3.8, 4) is 35.0 Å². The molecular weight excluding hydrogens is 270 g/mol. The zero-order valence-electron chi connectivity index (χ0n) is 12.0. The highest BCUT2D eigenvalue weighted by molar-refractivity contribution is 5.71. The van der Waals surface area contributed by atoms with Gasteiger partial charge in [0.05, 0.1) is 0 Å². The van der Waals surface area contributed by atoms with Crippen LogP contribution in [-0.2, 0) is 0 Å². The molecule has 0 saturated heterocycles. The predicted molar refractivity (Wildman–Crippen MR) is 90.7 cm³/mol. The third-order valence-electron chi connectivity index (χ3n) is 3.34. The summed E-state index contributed by atoms with van der Waals surface area (Å²) >= 11 is 0. The van der Waals surface area contributed by atoms with Gasteiger partial charge in [0.2, 0.25) is 0 Å². The Balaban J connectivity index is 1.97. The Morgan fingerprint density at radius 1 is 0.864 bits per heavy atom. The predicted octanol–water partition coefficient (Wildman–Crippen LogP) is 4.71. The molecule has 3 aromatic carbocycles. The van der Waals surface area contributed by atoms with Crippen molar-refractivity contribution >= 4 is 5.69 Å². The highest BCUT2D eigenvalue weighted by Crippen LogP contribution is 2.33. The van der Waals surface area contributed by atoms with Crippen LogP contribution in [0.1, 0.15) is 5.56 Å². The smallest absolute Gasteiger partial charge is 0.135 e. The van der Waals surface area contributed by atoms with Crippen LogP contribution in [0.2, 0.25) is 0 Å². The van der Waals surface area contributed by atoms with E-state index in [9.17, 15) is 0 Å². The molecule has 0 heterocycles. The fraction of sp³-hybridized carbons (Fsp3) is 0. The molecule has 3 aromatic rings. The Hall–Kier alpha value is -3.18. The zero-order chi connectivity index (χ0) is 15.4. The molecule has 2 nitrogen and oxygen atoms in total. The molecule has 0 atom stereocenters. The molecule has 2 heteroatoms. The SMILES string of the molecule is C#Cc1ccc(-c2ccccc2Oc2cccc(N)c2)cc1. The molecule has 0 aliphatic carbocycles. The average molecular weight is 285 g/mol. The van der Waals surface area contributed by atoms with Gasteiger partial charge >= 0.3 is 0 Å². The lowest BCUT2D eigenvalue weighted by molar-refractivity contribution is 0.485. The number of ether oxygens (including phenoxy) is 1. The molecule has 0 bridgehead atoms. The van der Waals surface area contributed by atoms with Crippen LogP contribution < -0.4 is 10.5 Å². The first-order valence-electron chi connectivity index (χ1n) is 6.96. The van der Waals surface area contributed by atoms with Crippen LogP contribution in [0.4, 0.5) is 5.69 Å². The molecule has 106 valence electrons. The normalized spacial score (nSPS) is 9.95. The van der Waals surface area contributed by atoms with Crippen molar-refractivity contribution < 1.29 is 4.74 Å². The van der Waals surface area contributed by atoms with Crippen molar-refractivity contribution in [2.75, 3.05) is 5.73 Å². The van der Waals surface area contributed by atoms with Gasteiger partial charge in [-0.15, -0.1) is 6.42 Å².